The largest absolute Gasteiger partial charge is 0.461 e. The molecule has 4 nitrogen and oxygen atoms in total. The molecule has 0 fully saturated rings. The van der Waals surface area contributed by atoms with Crippen LogP contribution in [0.2, 0.25) is 0 Å². The molecule has 0 radical (unpaired) electrons. The molecule has 0 saturated heterocycles. The van der Waals surface area contributed by atoms with Crippen LogP contribution in [0.15, 0.2) is 0 Å². The van der Waals surface area contributed by atoms with Gasteiger partial charge in [-0.1, -0.05) is 0 Å². The predicted molar refractivity (Wildman–Crippen MR) is 58.2 cm³/mol. The molecule has 0 spiro atoms. The Hall–Kier alpha value is -0.940. The quantitative estimate of drug-likeness (QED) is 0.743. The Labute approximate surface area is 93.2 Å². The van der Waals surface area contributed by atoms with E-state index in [0.717, 1.165) is 9.88 Å². The highest BCUT2D eigenvalue weighted by Crippen LogP contribution is 2.25. The van der Waals surface area contributed by atoms with Crippen LogP contribution in [0.4, 0.5) is 0 Å². The summed E-state index contributed by atoms with van der Waals surface area (Å²) in [7, 11) is 1.62. The van der Waals surface area contributed by atoms with E-state index in [-0.39, 0.29) is 12.1 Å². The molecule has 1 atom stereocenters. The van der Waals surface area contributed by atoms with E-state index in [4.69, 9.17) is 9.47 Å². The lowest BCUT2D eigenvalue weighted by Gasteiger charge is -2.03. The van der Waals surface area contributed by atoms with E-state index in [9.17, 15) is 4.79 Å². The maximum atomic E-state index is 11.5. The molecule has 84 valence electrons. The van der Waals surface area contributed by atoms with E-state index >= 15 is 0 Å². The summed E-state index contributed by atoms with van der Waals surface area (Å²) in [5.41, 5.74) is 0.403. The van der Waals surface area contributed by atoms with Crippen molar-refractivity contribution in [3.63, 3.8) is 0 Å². The maximum Gasteiger partial charge on any atom is 0.358 e. The predicted octanol–water partition coefficient (Wildman–Crippen LogP) is 2.34. The number of hydrogen-bond donors (Lipinski definition) is 0. The Kier molecular flexibility index (Phi) is 4.23. The first-order chi connectivity index (χ1) is 7.10. The Morgan fingerprint density at radius 3 is 2.80 bits per heavy atom. The Morgan fingerprint density at radius 2 is 2.27 bits per heavy atom. The highest BCUT2D eigenvalue weighted by atomic mass is 32.1. The molecule has 0 aromatic carbocycles. The summed E-state index contributed by atoms with van der Waals surface area (Å²) in [4.78, 5) is 16.6. The van der Waals surface area contributed by atoms with E-state index in [2.05, 4.69) is 4.98 Å². The lowest BCUT2D eigenvalue weighted by Crippen LogP contribution is -2.07. The minimum absolute atomic E-state index is 0.0862. The highest BCUT2D eigenvalue weighted by Gasteiger charge is 2.18. The van der Waals surface area contributed by atoms with Gasteiger partial charge in [-0.25, -0.2) is 9.78 Å². The molecule has 0 amide bonds. The fourth-order valence-electron chi connectivity index (χ4n) is 1.08. The molecule has 0 aliphatic rings. The molecule has 1 heterocycles. The highest BCUT2D eigenvalue weighted by molar-refractivity contribution is 7.11. The summed E-state index contributed by atoms with van der Waals surface area (Å²) < 4.78 is 10.0. The van der Waals surface area contributed by atoms with Gasteiger partial charge in [0.05, 0.1) is 6.61 Å². The van der Waals surface area contributed by atoms with Gasteiger partial charge in [-0.3, -0.25) is 0 Å². The first-order valence-electron chi connectivity index (χ1n) is 4.77. The molecule has 1 rings (SSSR count). The zero-order chi connectivity index (χ0) is 11.4. The Bertz CT molecular complexity index is 348. The van der Waals surface area contributed by atoms with E-state index in [1.807, 2.05) is 13.8 Å². The SMILES string of the molecule is CCOC(=O)c1nc(C(C)OC)sc1C. The number of ether oxygens (including phenoxy) is 2. The van der Waals surface area contributed by atoms with Crippen LogP contribution in [0.5, 0.6) is 0 Å². The first-order valence-corrected chi connectivity index (χ1v) is 5.59. The summed E-state index contributed by atoms with van der Waals surface area (Å²) in [5.74, 6) is -0.360. The lowest BCUT2D eigenvalue weighted by molar-refractivity contribution is 0.0518. The standard InChI is InChI=1S/C10H15NO3S/c1-5-14-10(12)8-7(3)15-9(11-8)6(2)13-4/h6H,5H2,1-4H3. The summed E-state index contributed by atoms with van der Waals surface area (Å²) in [6, 6.07) is 0. The van der Waals surface area contributed by atoms with Crippen molar-refractivity contribution < 1.29 is 14.3 Å². The maximum absolute atomic E-state index is 11.5. The number of aromatic nitrogens is 1. The van der Waals surface area contributed by atoms with Gasteiger partial charge in [0.25, 0.3) is 0 Å². The lowest BCUT2D eigenvalue weighted by atomic mass is 10.4. The Morgan fingerprint density at radius 1 is 1.60 bits per heavy atom. The van der Waals surface area contributed by atoms with Crippen molar-refractivity contribution in [1.82, 2.24) is 4.98 Å². The zero-order valence-corrected chi connectivity index (χ0v) is 10.2. The molecule has 0 aliphatic heterocycles. The minimum atomic E-state index is -0.360. The molecule has 1 unspecified atom stereocenters. The van der Waals surface area contributed by atoms with Gasteiger partial charge in [-0.15, -0.1) is 11.3 Å². The Balaban J connectivity index is 2.90. The topological polar surface area (TPSA) is 48.4 Å². The number of nitrogens with zero attached hydrogens (tertiary/aromatic N) is 1. The average molecular weight is 229 g/mol. The molecule has 0 saturated carbocycles. The van der Waals surface area contributed by atoms with Gasteiger partial charge in [0.15, 0.2) is 5.69 Å². The van der Waals surface area contributed by atoms with Crippen LogP contribution in [0.1, 0.15) is 40.3 Å². The van der Waals surface area contributed by atoms with Crippen molar-refractivity contribution >= 4 is 17.3 Å². The van der Waals surface area contributed by atoms with Gasteiger partial charge in [0.1, 0.15) is 11.1 Å². The number of carbonyl (C=O) groups excluding carboxylic acids is 1. The van der Waals surface area contributed by atoms with Crippen LogP contribution >= 0.6 is 11.3 Å². The van der Waals surface area contributed by atoms with Crippen molar-refractivity contribution in [3.05, 3.63) is 15.6 Å². The summed E-state index contributed by atoms with van der Waals surface area (Å²) in [6.45, 7) is 5.90. The van der Waals surface area contributed by atoms with Crippen LogP contribution in [-0.4, -0.2) is 24.7 Å². The van der Waals surface area contributed by atoms with Crippen LogP contribution in [-0.2, 0) is 9.47 Å². The molecular weight excluding hydrogens is 214 g/mol. The fourth-order valence-corrected chi connectivity index (χ4v) is 2.02. The first kappa shape index (κ1) is 12.1. The number of aryl methyl sites for hydroxylation is 1. The van der Waals surface area contributed by atoms with Gasteiger partial charge < -0.3 is 9.47 Å². The molecular formula is C10H15NO3S. The van der Waals surface area contributed by atoms with Crippen molar-refractivity contribution in [1.29, 1.82) is 0 Å². The third kappa shape index (κ3) is 2.76. The zero-order valence-electron chi connectivity index (χ0n) is 9.36. The number of esters is 1. The minimum Gasteiger partial charge on any atom is -0.461 e. The second kappa shape index (κ2) is 5.23. The number of methoxy groups -OCH3 is 1. The van der Waals surface area contributed by atoms with Gasteiger partial charge in [-0.2, -0.15) is 0 Å². The number of rotatable bonds is 4. The summed E-state index contributed by atoms with van der Waals surface area (Å²) >= 11 is 1.46. The van der Waals surface area contributed by atoms with Gasteiger partial charge >= 0.3 is 5.97 Å². The molecule has 0 aliphatic carbocycles. The summed E-state index contributed by atoms with van der Waals surface area (Å²) in [5, 5.41) is 0.804. The third-order valence-electron chi connectivity index (χ3n) is 1.98. The fraction of sp³-hybridized carbons (Fsp3) is 0.600. The van der Waals surface area contributed by atoms with Crippen LogP contribution in [0, 0.1) is 6.92 Å². The molecule has 1 aromatic rings. The van der Waals surface area contributed by atoms with Gasteiger partial charge in [-0.05, 0) is 20.8 Å². The molecule has 0 N–H and O–H groups in total. The molecule has 5 heteroatoms. The second-order valence-corrected chi connectivity index (χ2v) is 4.29. The molecule has 1 aromatic heterocycles. The monoisotopic (exact) mass is 229 g/mol. The third-order valence-corrected chi connectivity index (χ3v) is 3.12. The second-order valence-electron chi connectivity index (χ2n) is 3.06. The van der Waals surface area contributed by atoms with Gasteiger partial charge in [0.2, 0.25) is 0 Å². The van der Waals surface area contributed by atoms with E-state index < -0.39 is 0 Å². The van der Waals surface area contributed by atoms with Crippen LogP contribution < -0.4 is 0 Å². The van der Waals surface area contributed by atoms with E-state index in [0.29, 0.717) is 12.3 Å². The van der Waals surface area contributed by atoms with Crippen molar-refractivity contribution in [2.45, 2.75) is 26.9 Å². The summed E-state index contributed by atoms with van der Waals surface area (Å²) in [6.07, 6.45) is -0.0862. The van der Waals surface area contributed by atoms with Crippen LogP contribution in [0.3, 0.4) is 0 Å². The average Bonchev–Trinajstić information content (AvgIpc) is 2.59. The van der Waals surface area contributed by atoms with Crippen molar-refractivity contribution in [2.75, 3.05) is 13.7 Å². The van der Waals surface area contributed by atoms with Crippen molar-refractivity contribution in [3.8, 4) is 0 Å². The van der Waals surface area contributed by atoms with Crippen LogP contribution in [0.25, 0.3) is 0 Å². The molecule has 15 heavy (non-hydrogen) atoms. The normalized spacial score (nSPS) is 12.5. The molecule has 0 bridgehead atoms. The van der Waals surface area contributed by atoms with Crippen molar-refractivity contribution in [2.24, 2.45) is 0 Å². The number of carbonyl (C=O) groups is 1. The number of thiazole rings is 1. The number of hydrogen-bond acceptors (Lipinski definition) is 5. The smallest absolute Gasteiger partial charge is 0.358 e. The van der Waals surface area contributed by atoms with Gasteiger partial charge in [0, 0.05) is 12.0 Å². The van der Waals surface area contributed by atoms with E-state index in [1.54, 1.807) is 14.0 Å². The van der Waals surface area contributed by atoms with E-state index in [1.165, 1.54) is 11.3 Å².